The van der Waals surface area contributed by atoms with Gasteiger partial charge in [-0.15, -0.1) is 0 Å². The topological polar surface area (TPSA) is 152 Å². The summed E-state index contributed by atoms with van der Waals surface area (Å²) >= 11 is 6.83. The van der Waals surface area contributed by atoms with E-state index in [1.54, 1.807) is 47.8 Å². The number of hydrogen-bond donors (Lipinski definition) is 2. The molecule has 1 saturated heterocycles. The van der Waals surface area contributed by atoms with Gasteiger partial charge in [-0.3, -0.25) is 14.1 Å². The molecule has 250 valence electrons. The molecule has 0 unspecified atom stereocenters. The van der Waals surface area contributed by atoms with Gasteiger partial charge in [-0.25, -0.2) is 29.1 Å². The second kappa shape index (κ2) is 17.8. The molecule has 12 nitrogen and oxygen atoms in total. The molecule has 0 spiro atoms. The number of imidazole rings is 3. The van der Waals surface area contributed by atoms with Crippen LogP contribution in [0.1, 0.15) is 24.1 Å². The number of nitrogens with zero attached hydrogens (tertiary/aromatic N) is 7. The summed E-state index contributed by atoms with van der Waals surface area (Å²) in [6.07, 6.45) is 16.0. The first-order valence-corrected chi connectivity index (χ1v) is 16.8. The predicted molar refractivity (Wildman–Crippen MR) is 196 cm³/mol. The van der Waals surface area contributed by atoms with Crippen molar-refractivity contribution < 1.29 is 9.53 Å². The fourth-order valence-corrected chi connectivity index (χ4v) is 5.36. The number of carbonyl (C=O) groups is 1. The number of ether oxygens (including phenoxy) is 1. The number of nitrogens with one attached hydrogen (secondary N) is 1. The van der Waals surface area contributed by atoms with Crippen molar-refractivity contribution in [2.75, 3.05) is 18.9 Å². The number of hydrogen-bond acceptors (Lipinski definition) is 8. The number of halogens is 2. The van der Waals surface area contributed by atoms with Crippen LogP contribution in [-0.2, 0) is 11.2 Å². The first-order valence-electron chi connectivity index (χ1n) is 15.2. The van der Waals surface area contributed by atoms with Crippen LogP contribution in [0, 0.1) is 0 Å². The molecule has 1 fully saturated rings. The van der Waals surface area contributed by atoms with Gasteiger partial charge in [0.25, 0.3) is 0 Å². The summed E-state index contributed by atoms with van der Waals surface area (Å²) in [7, 11) is 0. The normalized spacial score (nSPS) is 11.8. The van der Waals surface area contributed by atoms with Crippen LogP contribution in [0.5, 0.6) is 0 Å². The van der Waals surface area contributed by atoms with E-state index in [4.69, 9.17) is 10.5 Å². The molecule has 0 amide bonds. The maximum absolute atomic E-state index is 11.9. The number of benzene rings is 2. The van der Waals surface area contributed by atoms with E-state index in [1.807, 2.05) is 66.7 Å². The molecule has 49 heavy (non-hydrogen) atoms. The summed E-state index contributed by atoms with van der Waals surface area (Å²) in [6, 6.07) is 22.7. The molecule has 6 heterocycles. The van der Waals surface area contributed by atoms with E-state index in [2.05, 4.69) is 56.8 Å². The minimum absolute atomic E-state index is 0.184. The second-order valence-corrected chi connectivity index (χ2v) is 12.3. The molecular weight excluding hydrogens is 754 g/mol. The van der Waals surface area contributed by atoms with E-state index >= 15 is 0 Å². The SMILES string of the molecule is C1CCOC1.Nc1ccc(Br)cc1Cc1ccccn1.O=C(n1ccnc1)n1ccnc1.O=c1[nH]c2ccc(Br)cc2n1-c1ccccn1. The van der Waals surface area contributed by atoms with E-state index in [0.717, 1.165) is 56.6 Å². The van der Waals surface area contributed by atoms with Gasteiger partial charge in [-0.2, -0.15) is 0 Å². The smallest absolute Gasteiger partial charge is 0.338 e. The third-order valence-electron chi connectivity index (χ3n) is 7.00. The Morgan fingerprint density at radius 3 is 2.04 bits per heavy atom. The molecule has 1 aliphatic rings. The van der Waals surface area contributed by atoms with Gasteiger partial charge in [0.2, 0.25) is 0 Å². The molecule has 1 aliphatic heterocycles. The molecule has 2 aromatic carbocycles. The summed E-state index contributed by atoms with van der Waals surface area (Å²) in [4.78, 5) is 42.1. The fraction of sp³-hybridized carbons (Fsp3) is 0.143. The Morgan fingerprint density at radius 2 is 1.47 bits per heavy atom. The summed E-state index contributed by atoms with van der Waals surface area (Å²) in [6.45, 7) is 2.00. The highest BCUT2D eigenvalue weighted by Crippen LogP contribution is 2.21. The molecule has 14 heteroatoms. The zero-order valence-corrected chi connectivity index (χ0v) is 29.4. The number of rotatable bonds is 3. The molecule has 5 aromatic heterocycles. The maximum Gasteiger partial charge on any atom is 0.338 e. The number of carbonyl (C=O) groups excluding carboxylic acids is 1. The zero-order valence-electron chi connectivity index (χ0n) is 26.3. The highest BCUT2D eigenvalue weighted by Gasteiger charge is 2.09. The van der Waals surface area contributed by atoms with E-state index in [-0.39, 0.29) is 11.7 Å². The van der Waals surface area contributed by atoms with Crippen molar-refractivity contribution in [1.82, 2.24) is 38.6 Å². The van der Waals surface area contributed by atoms with Crippen molar-refractivity contribution in [2.24, 2.45) is 0 Å². The first kappa shape index (κ1) is 35.1. The molecule has 0 saturated carbocycles. The number of fused-ring (bicyclic) bond motifs is 1. The third-order valence-corrected chi connectivity index (χ3v) is 7.99. The molecule has 8 rings (SSSR count). The number of aromatic nitrogens is 8. The minimum Gasteiger partial charge on any atom is -0.398 e. The van der Waals surface area contributed by atoms with E-state index in [0.29, 0.717) is 5.82 Å². The van der Waals surface area contributed by atoms with Crippen molar-refractivity contribution >= 4 is 54.6 Å². The summed E-state index contributed by atoms with van der Waals surface area (Å²) in [5, 5.41) is 0. The molecule has 0 atom stereocenters. The van der Waals surface area contributed by atoms with Gasteiger partial charge in [-0.1, -0.05) is 44.0 Å². The van der Waals surface area contributed by atoms with Crippen LogP contribution in [0.25, 0.3) is 16.9 Å². The van der Waals surface area contributed by atoms with Gasteiger partial charge in [0.05, 0.1) is 11.0 Å². The van der Waals surface area contributed by atoms with Gasteiger partial charge in [0.15, 0.2) is 0 Å². The summed E-state index contributed by atoms with van der Waals surface area (Å²) in [5.41, 5.74) is 10.2. The second-order valence-electron chi connectivity index (χ2n) is 10.5. The lowest BCUT2D eigenvalue weighted by molar-refractivity contribution is 0.198. The Bertz CT molecular complexity index is 2050. The van der Waals surface area contributed by atoms with Gasteiger partial charge in [0, 0.05) is 77.1 Å². The monoisotopic (exact) mass is 785 g/mol. The zero-order chi connectivity index (χ0) is 34.4. The lowest BCUT2D eigenvalue weighted by atomic mass is 10.1. The van der Waals surface area contributed by atoms with Crippen LogP contribution in [0.3, 0.4) is 0 Å². The molecule has 7 aromatic rings. The van der Waals surface area contributed by atoms with Crippen molar-refractivity contribution in [3.05, 3.63) is 153 Å². The van der Waals surface area contributed by atoms with E-state index in [9.17, 15) is 9.59 Å². The van der Waals surface area contributed by atoms with E-state index < -0.39 is 0 Å². The molecule has 0 aliphatic carbocycles. The summed E-state index contributed by atoms with van der Waals surface area (Å²) < 4.78 is 11.2. The predicted octanol–water partition coefficient (Wildman–Crippen LogP) is 6.89. The van der Waals surface area contributed by atoms with Crippen LogP contribution in [0.4, 0.5) is 10.5 Å². The highest BCUT2D eigenvalue weighted by molar-refractivity contribution is 9.10. The fourth-order valence-electron chi connectivity index (χ4n) is 4.60. The van der Waals surface area contributed by atoms with E-state index in [1.165, 1.54) is 34.6 Å². The first-order chi connectivity index (χ1) is 23.9. The number of nitrogens with two attached hydrogens (primary N) is 1. The molecule has 0 radical (unpaired) electrons. The largest absolute Gasteiger partial charge is 0.398 e. The Morgan fingerprint density at radius 1 is 0.816 bits per heavy atom. The number of pyridine rings is 2. The Kier molecular flexibility index (Phi) is 12.8. The number of nitrogen functional groups attached to an aromatic ring is 1. The van der Waals surface area contributed by atoms with Crippen LogP contribution < -0.4 is 11.4 Å². The average molecular weight is 788 g/mol. The Labute approximate surface area is 298 Å². The van der Waals surface area contributed by atoms with Crippen molar-refractivity contribution in [3.8, 4) is 5.82 Å². The van der Waals surface area contributed by atoms with Crippen LogP contribution >= 0.6 is 31.9 Å². The van der Waals surface area contributed by atoms with Crippen molar-refractivity contribution in [1.29, 1.82) is 0 Å². The van der Waals surface area contributed by atoms with Crippen molar-refractivity contribution in [2.45, 2.75) is 19.3 Å². The number of anilines is 1. The quantitative estimate of drug-likeness (QED) is 0.184. The molecular formula is C35H33Br2N9O3. The number of H-pyrrole nitrogens is 1. The standard InChI is InChI=1S/C12H8BrN3O.C12H11BrN2.C7H6N4O.C4H8O/c13-8-4-5-9-10(7-8)16(12(17)15-9)11-3-1-2-6-14-11;13-10-4-5-12(14)9(7-10)8-11-3-1-2-6-15-11;12-7(10-3-1-8-5-10)11-4-2-9-6-11;1-2-4-5-3-1/h1-7H,(H,15,17);1-7H,8,14H2;1-6H;1-4H2. The van der Waals surface area contributed by atoms with Gasteiger partial charge in [-0.05, 0) is 79.1 Å². The lowest BCUT2D eigenvalue weighted by Gasteiger charge is -2.05. The van der Waals surface area contributed by atoms with Crippen LogP contribution in [0.15, 0.2) is 136 Å². The van der Waals surface area contributed by atoms with Gasteiger partial charge >= 0.3 is 11.7 Å². The van der Waals surface area contributed by atoms with Crippen LogP contribution in [0.2, 0.25) is 0 Å². The summed E-state index contributed by atoms with van der Waals surface area (Å²) in [5.74, 6) is 0.613. The van der Waals surface area contributed by atoms with Crippen molar-refractivity contribution in [3.63, 3.8) is 0 Å². The Balaban J connectivity index is 0.000000135. The third kappa shape index (κ3) is 10.2. The van der Waals surface area contributed by atoms with Gasteiger partial charge in [0.1, 0.15) is 18.5 Å². The number of aromatic amines is 1. The molecule has 3 N–H and O–H groups in total. The van der Waals surface area contributed by atoms with Crippen LogP contribution in [-0.4, -0.2) is 57.9 Å². The Hall–Kier alpha value is -5.18. The average Bonchev–Trinajstić information content (AvgIpc) is 3.97. The highest BCUT2D eigenvalue weighted by atomic mass is 79.9. The maximum atomic E-state index is 11.9. The molecule has 0 bridgehead atoms. The lowest BCUT2D eigenvalue weighted by Crippen LogP contribution is -2.15. The van der Waals surface area contributed by atoms with Gasteiger partial charge < -0.3 is 15.5 Å². The minimum atomic E-state index is -0.190.